The summed E-state index contributed by atoms with van der Waals surface area (Å²) in [6.45, 7) is 1.32. The fourth-order valence-corrected chi connectivity index (χ4v) is 6.52. The lowest BCUT2D eigenvalue weighted by Crippen LogP contribution is -2.64. The van der Waals surface area contributed by atoms with Crippen LogP contribution in [0.5, 0.6) is 5.75 Å². The van der Waals surface area contributed by atoms with Crippen molar-refractivity contribution in [1.29, 1.82) is 0 Å². The van der Waals surface area contributed by atoms with Crippen molar-refractivity contribution < 1.29 is 27.5 Å². The predicted octanol–water partition coefficient (Wildman–Crippen LogP) is 5.31. The van der Waals surface area contributed by atoms with Crippen LogP contribution in [0.3, 0.4) is 0 Å². The minimum absolute atomic E-state index is 0.0451. The lowest BCUT2D eigenvalue weighted by atomic mass is 9.74. The minimum atomic E-state index is -2.90. The van der Waals surface area contributed by atoms with E-state index in [1.807, 2.05) is 17.0 Å². The van der Waals surface area contributed by atoms with E-state index in [0.717, 1.165) is 17.6 Å². The first-order chi connectivity index (χ1) is 20.2. The summed E-state index contributed by atoms with van der Waals surface area (Å²) in [6.07, 6.45) is 2.49. The quantitative estimate of drug-likeness (QED) is 0.396. The van der Waals surface area contributed by atoms with Crippen LogP contribution in [0.2, 0.25) is 5.02 Å². The molecule has 2 aromatic heterocycles. The van der Waals surface area contributed by atoms with Gasteiger partial charge in [-0.3, -0.25) is 14.6 Å². The molecular weight excluding hydrogens is 571 g/mol. The van der Waals surface area contributed by atoms with Gasteiger partial charge in [0.2, 0.25) is 5.91 Å². The van der Waals surface area contributed by atoms with E-state index >= 15 is 0 Å². The zero-order valence-corrected chi connectivity index (χ0v) is 23.6. The molecule has 12 heteroatoms. The van der Waals surface area contributed by atoms with Crippen molar-refractivity contribution in [1.82, 2.24) is 15.3 Å². The molecule has 2 fully saturated rings. The van der Waals surface area contributed by atoms with Crippen molar-refractivity contribution in [3.63, 3.8) is 0 Å². The summed E-state index contributed by atoms with van der Waals surface area (Å²) in [5.74, 6) is 0.443. The summed E-state index contributed by atoms with van der Waals surface area (Å²) in [5, 5.41) is 2.95. The number of carbonyl (C=O) groups is 2. The molecule has 2 aliphatic heterocycles. The highest BCUT2D eigenvalue weighted by Crippen LogP contribution is 2.49. The van der Waals surface area contributed by atoms with E-state index in [0.29, 0.717) is 56.8 Å². The van der Waals surface area contributed by atoms with E-state index in [4.69, 9.17) is 16.3 Å². The second-order valence-electron chi connectivity index (χ2n) is 11.1. The number of rotatable bonds is 7. The van der Waals surface area contributed by atoms with Gasteiger partial charge in [-0.2, -0.15) is 0 Å². The number of fused-ring (bicyclic) bond motifs is 2. The van der Waals surface area contributed by atoms with Gasteiger partial charge in [-0.25, -0.2) is 18.2 Å². The molecule has 1 saturated carbocycles. The zero-order valence-electron chi connectivity index (χ0n) is 22.8. The van der Waals surface area contributed by atoms with Gasteiger partial charge in [0.25, 0.3) is 12.3 Å². The van der Waals surface area contributed by atoms with Crippen LogP contribution in [0, 0.1) is 11.7 Å². The van der Waals surface area contributed by atoms with E-state index in [9.17, 15) is 22.8 Å². The lowest BCUT2D eigenvalue weighted by molar-refractivity contribution is -0.124. The Bertz CT molecular complexity index is 1510. The molecule has 42 heavy (non-hydrogen) atoms. The third-order valence-corrected chi connectivity index (χ3v) is 8.79. The molecule has 3 aliphatic rings. The molecule has 8 nitrogen and oxygen atoms in total. The SMILES string of the molecule is COc1ccc(N2CC3(C2)C(=O)N(CC2CCC(NC(=O)c4cc(Cl)cnc4C(F)F)CC2)c2cc(F)ccc23)nc1. The van der Waals surface area contributed by atoms with Crippen LogP contribution in [-0.2, 0) is 10.2 Å². The number of nitrogens with one attached hydrogen (secondary N) is 1. The topological polar surface area (TPSA) is 87.7 Å². The Labute approximate surface area is 245 Å². The number of hydrogen-bond acceptors (Lipinski definition) is 6. The van der Waals surface area contributed by atoms with Crippen molar-refractivity contribution in [2.24, 2.45) is 5.92 Å². The van der Waals surface area contributed by atoms with E-state index in [-0.39, 0.29) is 28.5 Å². The molecule has 4 heterocycles. The van der Waals surface area contributed by atoms with Gasteiger partial charge in [-0.1, -0.05) is 17.7 Å². The average molecular weight is 600 g/mol. The molecule has 1 aromatic carbocycles. The van der Waals surface area contributed by atoms with E-state index in [2.05, 4.69) is 15.3 Å². The molecule has 0 unspecified atom stereocenters. The molecule has 1 aliphatic carbocycles. The molecule has 1 spiro atoms. The highest BCUT2D eigenvalue weighted by Gasteiger charge is 2.58. The standard InChI is InChI=1S/C30H29ClF3N5O3/c1-42-21-7-9-25(35-13-21)38-15-30(16-38)23-8-4-19(32)11-24(23)39(29(30)41)14-17-2-5-20(6-3-17)37-28(40)22-10-18(31)12-36-26(22)27(33)34/h4,7-13,17,20,27H,2-3,5-6,14-16H2,1H3,(H,37,40). The lowest BCUT2D eigenvalue weighted by Gasteiger charge is -2.47. The molecule has 0 bridgehead atoms. The number of carbonyl (C=O) groups excluding carboxylic acids is 2. The number of anilines is 2. The monoisotopic (exact) mass is 599 g/mol. The molecular formula is C30H29ClF3N5O3. The molecule has 3 aromatic rings. The highest BCUT2D eigenvalue weighted by molar-refractivity contribution is 6.30. The molecule has 1 N–H and O–H groups in total. The molecule has 0 atom stereocenters. The van der Waals surface area contributed by atoms with Crippen LogP contribution >= 0.6 is 11.6 Å². The Morgan fingerprint density at radius 2 is 1.88 bits per heavy atom. The number of hydrogen-bond donors (Lipinski definition) is 1. The Balaban J connectivity index is 1.11. The molecule has 0 radical (unpaired) electrons. The summed E-state index contributed by atoms with van der Waals surface area (Å²) in [7, 11) is 1.57. The first-order valence-electron chi connectivity index (χ1n) is 13.8. The average Bonchev–Trinajstić information content (AvgIpc) is 3.20. The van der Waals surface area contributed by atoms with E-state index in [1.54, 1.807) is 24.3 Å². The van der Waals surface area contributed by atoms with E-state index in [1.165, 1.54) is 18.2 Å². The minimum Gasteiger partial charge on any atom is -0.495 e. The fraction of sp³-hybridized carbons (Fsp3) is 0.400. The third-order valence-electron chi connectivity index (χ3n) is 8.58. The van der Waals surface area contributed by atoms with Crippen molar-refractivity contribution in [3.8, 4) is 5.75 Å². The predicted molar refractivity (Wildman–Crippen MR) is 151 cm³/mol. The van der Waals surface area contributed by atoms with E-state index < -0.39 is 29.3 Å². The normalized spacial score (nSPS) is 21.0. The maximum absolute atomic E-state index is 14.4. The maximum atomic E-state index is 14.4. The zero-order chi connectivity index (χ0) is 29.6. The van der Waals surface area contributed by atoms with Crippen LogP contribution in [-0.4, -0.2) is 54.6 Å². The maximum Gasteiger partial charge on any atom is 0.281 e. The highest BCUT2D eigenvalue weighted by atomic mass is 35.5. The van der Waals surface area contributed by atoms with Crippen molar-refractivity contribution in [3.05, 3.63) is 76.5 Å². The fourth-order valence-electron chi connectivity index (χ4n) is 6.37. The Hall–Kier alpha value is -3.86. The first kappa shape index (κ1) is 28.3. The number of pyridine rings is 2. The van der Waals surface area contributed by atoms with Gasteiger partial charge in [0.1, 0.15) is 28.5 Å². The molecule has 6 rings (SSSR count). The van der Waals surface area contributed by atoms with Crippen LogP contribution in [0.1, 0.15) is 53.7 Å². The van der Waals surface area contributed by atoms with Crippen LogP contribution < -0.4 is 19.9 Å². The van der Waals surface area contributed by atoms with Crippen LogP contribution in [0.4, 0.5) is 24.7 Å². The van der Waals surface area contributed by atoms with Crippen LogP contribution in [0.15, 0.2) is 48.8 Å². The third kappa shape index (κ3) is 5.04. The van der Waals surface area contributed by atoms with Gasteiger partial charge < -0.3 is 19.9 Å². The number of nitrogens with zero attached hydrogens (tertiary/aromatic N) is 4. The Kier molecular flexibility index (Phi) is 7.46. The van der Waals surface area contributed by atoms with Crippen molar-refractivity contribution in [2.45, 2.75) is 43.6 Å². The van der Waals surface area contributed by atoms with Gasteiger partial charge in [0, 0.05) is 31.9 Å². The first-order valence-corrected chi connectivity index (χ1v) is 14.2. The number of amides is 2. The number of aromatic nitrogens is 2. The Morgan fingerprint density at radius 1 is 1.12 bits per heavy atom. The number of alkyl halides is 2. The van der Waals surface area contributed by atoms with Crippen molar-refractivity contribution >= 4 is 34.9 Å². The summed E-state index contributed by atoms with van der Waals surface area (Å²) in [4.78, 5) is 38.5. The molecule has 2 amide bonds. The Morgan fingerprint density at radius 3 is 2.55 bits per heavy atom. The number of halogens is 4. The van der Waals surface area contributed by atoms with Crippen LogP contribution in [0.25, 0.3) is 0 Å². The second-order valence-corrected chi connectivity index (χ2v) is 11.6. The summed E-state index contributed by atoms with van der Waals surface area (Å²) in [6, 6.07) is 9.21. The largest absolute Gasteiger partial charge is 0.495 e. The molecule has 1 saturated heterocycles. The number of methoxy groups -OCH3 is 1. The second kappa shape index (κ2) is 11.1. The van der Waals surface area contributed by atoms with Gasteiger partial charge in [-0.15, -0.1) is 0 Å². The van der Waals surface area contributed by atoms with Crippen molar-refractivity contribution in [2.75, 3.05) is 36.5 Å². The summed E-state index contributed by atoms with van der Waals surface area (Å²) >= 11 is 5.90. The van der Waals surface area contributed by atoms with Gasteiger partial charge in [-0.05, 0) is 67.5 Å². The van der Waals surface area contributed by atoms with Gasteiger partial charge >= 0.3 is 0 Å². The number of ether oxygens (including phenoxy) is 1. The summed E-state index contributed by atoms with van der Waals surface area (Å²) < 4.78 is 46.3. The van der Waals surface area contributed by atoms with Gasteiger partial charge in [0.15, 0.2) is 0 Å². The summed E-state index contributed by atoms with van der Waals surface area (Å²) in [5.41, 5.74) is -0.167. The smallest absolute Gasteiger partial charge is 0.281 e. The van der Waals surface area contributed by atoms with Gasteiger partial charge in [0.05, 0.1) is 29.6 Å². The molecule has 220 valence electrons. The number of benzene rings is 1.